The van der Waals surface area contributed by atoms with Crippen molar-refractivity contribution in [1.29, 1.82) is 5.26 Å². The molecule has 0 aliphatic heterocycles. The maximum Gasteiger partial charge on any atom is 0.169 e. The number of carbonyl (C=O) groups excluding carboxylic acids is 1. The highest BCUT2D eigenvalue weighted by molar-refractivity contribution is 7.13. The molecule has 3 aromatic rings. The number of H-pyrrole nitrogens is 1. The summed E-state index contributed by atoms with van der Waals surface area (Å²) in [5.74, 6) is 0.697. The third kappa shape index (κ3) is 1.37. The molecule has 0 radical (unpaired) electrons. The normalized spacial score (nSPS) is 10.5. The molecule has 0 aliphatic rings. The van der Waals surface area contributed by atoms with Crippen LogP contribution in [0.25, 0.3) is 16.3 Å². The van der Waals surface area contributed by atoms with Crippen LogP contribution in [0.2, 0.25) is 0 Å². The predicted molar refractivity (Wildman–Crippen MR) is 63.0 cm³/mol. The number of aldehydes is 1. The number of nitrogens with zero attached hydrogens (tertiary/aromatic N) is 3. The van der Waals surface area contributed by atoms with Gasteiger partial charge in [-0.05, 0) is 11.4 Å². The van der Waals surface area contributed by atoms with E-state index in [9.17, 15) is 4.79 Å². The average molecular weight is 242 g/mol. The van der Waals surface area contributed by atoms with Crippen molar-refractivity contribution in [3.05, 3.63) is 34.8 Å². The van der Waals surface area contributed by atoms with Crippen molar-refractivity contribution in [3.63, 3.8) is 0 Å². The van der Waals surface area contributed by atoms with Gasteiger partial charge in [0.05, 0.1) is 16.0 Å². The molecule has 0 atom stereocenters. The molecule has 82 valence electrons. The lowest BCUT2D eigenvalue weighted by atomic mass is 10.2. The number of thiophene rings is 1. The molecular weight excluding hydrogens is 236 g/mol. The lowest BCUT2D eigenvalue weighted by Crippen LogP contribution is -1.82. The second-order valence-electron chi connectivity index (χ2n) is 3.43. The molecule has 0 aromatic carbocycles. The summed E-state index contributed by atoms with van der Waals surface area (Å²) in [6.07, 6.45) is 2.22. The molecule has 6 heteroatoms. The maximum absolute atomic E-state index is 10.9. The Bertz CT molecular complexity index is 730. The topological polar surface area (TPSA) is 74.0 Å². The lowest BCUT2D eigenvalue weighted by Gasteiger charge is -1.87. The number of rotatable bonds is 2. The van der Waals surface area contributed by atoms with E-state index >= 15 is 0 Å². The van der Waals surface area contributed by atoms with Crippen LogP contribution in [0.1, 0.15) is 15.9 Å². The highest BCUT2D eigenvalue weighted by atomic mass is 32.1. The first kappa shape index (κ1) is 9.81. The van der Waals surface area contributed by atoms with E-state index in [0.717, 1.165) is 4.88 Å². The molecule has 1 N–H and O–H groups in total. The second kappa shape index (κ2) is 3.57. The fourth-order valence-corrected chi connectivity index (χ4v) is 2.35. The zero-order valence-electron chi connectivity index (χ0n) is 8.54. The van der Waals surface area contributed by atoms with Gasteiger partial charge in [0.15, 0.2) is 12.1 Å². The number of hydrogen-bond donors (Lipinski definition) is 1. The van der Waals surface area contributed by atoms with Gasteiger partial charge in [-0.15, -0.1) is 16.4 Å². The summed E-state index contributed by atoms with van der Waals surface area (Å²) >= 11 is 1.56. The van der Waals surface area contributed by atoms with Crippen LogP contribution in [-0.4, -0.2) is 20.9 Å². The lowest BCUT2D eigenvalue weighted by molar-refractivity contribution is 0.112. The van der Waals surface area contributed by atoms with Gasteiger partial charge in [0.25, 0.3) is 0 Å². The van der Waals surface area contributed by atoms with Crippen molar-refractivity contribution in [2.24, 2.45) is 0 Å². The summed E-state index contributed by atoms with van der Waals surface area (Å²) < 4.78 is 1.53. The summed E-state index contributed by atoms with van der Waals surface area (Å²) in [6, 6.07) is 5.84. The standard InChI is InChI=1S/C11H6N4OS/c12-4-7-5-15-11(8(7)6-16)13-10(14-15)9-2-1-3-17-9/h1-3,5-6H,(H,13,14). The minimum atomic E-state index is 0.330. The second-order valence-corrected chi connectivity index (χ2v) is 4.38. The van der Waals surface area contributed by atoms with Crippen LogP contribution in [-0.2, 0) is 0 Å². The zero-order valence-corrected chi connectivity index (χ0v) is 9.36. The molecule has 0 aliphatic carbocycles. The quantitative estimate of drug-likeness (QED) is 0.699. The van der Waals surface area contributed by atoms with Gasteiger partial charge in [-0.1, -0.05) is 6.07 Å². The maximum atomic E-state index is 10.9. The van der Waals surface area contributed by atoms with Crippen molar-refractivity contribution < 1.29 is 4.79 Å². The fourth-order valence-electron chi connectivity index (χ4n) is 1.69. The van der Waals surface area contributed by atoms with E-state index in [1.54, 1.807) is 17.5 Å². The monoisotopic (exact) mass is 242 g/mol. The molecule has 0 spiro atoms. The number of nitriles is 1. The van der Waals surface area contributed by atoms with Gasteiger partial charge in [-0.25, -0.2) is 4.52 Å². The molecule has 0 bridgehead atoms. The van der Waals surface area contributed by atoms with Crippen LogP contribution in [0.4, 0.5) is 0 Å². The Hall–Kier alpha value is -2.39. The largest absolute Gasteiger partial charge is 0.322 e. The van der Waals surface area contributed by atoms with Gasteiger partial charge in [0.1, 0.15) is 11.7 Å². The zero-order chi connectivity index (χ0) is 11.8. The summed E-state index contributed by atoms with van der Waals surface area (Å²) in [4.78, 5) is 15.0. The Labute approximate surface area is 99.9 Å². The third-order valence-electron chi connectivity index (χ3n) is 2.46. The Kier molecular flexibility index (Phi) is 2.06. The molecular formula is C11H6N4OS. The van der Waals surface area contributed by atoms with Crippen molar-refractivity contribution in [2.75, 3.05) is 0 Å². The SMILES string of the molecule is N#Cc1cn2nc(-c3cccs3)[nH]c2c1C=O. The number of hydrogen-bond acceptors (Lipinski definition) is 4. The highest BCUT2D eigenvalue weighted by Gasteiger charge is 2.14. The van der Waals surface area contributed by atoms with Gasteiger partial charge in [0, 0.05) is 6.20 Å². The highest BCUT2D eigenvalue weighted by Crippen LogP contribution is 2.23. The van der Waals surface area contributed by atoms with E-state index in [2.05, 4.69) is 10.1 Å². The van der Waals surface area contributed by atoms with Crippen molar-refractivity contribution in [3.8, 4) is 16.8 Å². The fraction of sp³-hybridized carbons (Fsp3) is 0. The Morgan fingerprint density at radius 2 is 2.47 bits per heavy atom. The molecule has 0 amide bonds. The Balaban J connectivity index is 2.25. The molecule has 3 aromatic heterocycles. The number of nitrogens with one attached hydrogen (secondary N) is 1. The van der Waals surface area contributed by atoms with Crippen LogP contribution in [0.5, 0.6) is 0 Å². The molecule has 0 unspecified atom stereocenters. The molecule has 0 saturated carbocycles. The van der Waals surface area contributed by atoms with E-state index in [4.69, 9.17) is 5.26 Å². The van der Waals surface area contributed by atoms with Crippen LogP contribution in [0, 0.1) is 11.3 Å². The van der Waals surface area contributed by atoms with Gasteiger partial charge in [0.2, 0.25) is 0 Å². The van der Waals surface area contributed by atoms with Crippen LogP contribution < -0.4 is 0 Å². The van der Waals surface area contributed by atoms with Crippen molar-refractivity contribution in [2.45, 2.75) is 0 Å². The van der Waals surface area contributed by atoms with E-state index in [0.29, 0.717) is 28.9 Å². The minimum Gasteiger partial charge on any atom is -0.322 e. The first-order valence-electron chi connectivity index (χ1n) is 4.84. The number of carbonyl (C=O) groups is 1. The summed E-state index contributed by atoms with van der Waals surface area (Å²) in [6.45, 7) is 0. The van der Waals surface area contributed by atoms with Crippen LogP contribution >= 0.6 is 11.3 Å². The van der Waals surface area contributed by atoms with E-state index in [1.807, 2.05) is 23.6 Å². The van der Waals surface area contributed by atoms with E-state index < -0.39 is 0 Å². The number of aromatic nitrogens is 3. The Morgan fingerprint density at radius 1 is 1.59 bits per heavy atom. The number of fused-ring (bicyclic) bond motifs is 1. The minimum absolute atomic E-state index is 0.330. The summed E-state index contributed by atoms with van der Waals surface area (Å²) in [5, 5.41) is 15.1. The molecule has 0 saturated heterocycles. The van der Waals surface area contributed by atoms with Crippen molar-refractivity contribution in [1.82, 2.24) is 14.6 Å². The molecule has 5 nitrogen and oxygen atoms in total. The average Bonchev–Trinajstić information content (AvgIpc) is 3.02. The third-order valence-corrected chi connectivity index (χ3v) is 3.34. The molecule has 0 fully saturated rings. The molecule has 3 heterocycles. The van der Waals surface area contributed by atoms with Gasteiger partial charge >= 0.3 is 0 Å². The van der Waals surface area contributed by atoms with Crippen LogP contribution in [0.3, 0.4) is 0 Å². The van der Waals surface area contributed by atoms with Gasteiger partial charge in [-0.3, -0.25) is 4.79 Å². The number of aromatic amines is 1. The smallest absolute Gasteiger partial charge is 0.169 e. The first-order chi connectivity index (χ1) is 8.33. The van der Waals surface area contributed by atoms with Gasteiger partial charge < -0.3 is 4.98 Å². The molecule has 17 heavy (non-hydrogen) atoms. The van der Waals surface area contributed by atoms with E-state index in [-0.39, 0.29) is 0 Å². The summed E-state index contributed by atoms with van der Waals surface area (Å²) in [7, 11) is 0. The van der Waals surface area contributed by atoms with Gasteiger partial charge in [-0.2, -0.15) is 5.26 Å². The molecule has 3 rings (SSSR count). The summed E-state index contributed by atoms with van der Waals surface area (Å²) in [5.41, 5.74) is 1.24. The predicted octanol–water partition coefficient (Wildman–Crippen LogP) is 2.08. The van der Waals surface area contributed by atoms with Crippen molar-refractivity contribution >= 4 is 23.3 Å². The van der Waals surface area contributed by atoms with Crippen LogP contribution in [0.15, 0.2) is 23.7 Å². The Morgan fingerprint density at radius 3 is 3.12 bits per heavy atom. The first-order valence-corrected chi connectivity index (χ1v) is 5.72. The van der Waals surface area contributed by atoms with E-state index in [1.165, 1.54) is 4.52 Å².